The van der Waals surface area contributed by atoms with Crippen molar-refractivity contribution in [2.24, 2.45) is 0 Å². The lowest BCUT2D eigenvalue weighted by Gasteiger charge is -2.24. The lowest BCUT2D eigenvalue weighted by atomic mass is 10.0. The van der Waals surface area contributed by atoms with Crippen LogP contribution in [0.5, 0.6) is 0 Å². The zero-order chi connectivity index (χ0) is 36.1. The van der Waals surface area contributed by atoms with Gasteiger partial charge in [0.1, 0.15) is 30.1 Å². The minimum Gasteiger partial charge on any atom is -0.460 e. The molecule has 2 amide bonds. The van der Waals surface area contributed by atoms with Gasteiger partial charge in [-0.05, 0) is 60.8 Å². The highest BCUT2D eigenvalue weighted by molar-refractivity contribution is 5.85. The molecule has 0 aliphatic carbocycles. The highest BCUT2D eigenvalue weighted by atomic mass is 16.6. The molecule has 0 aromatic carbocycles. The fourth-order valence-electron chi connectivity index (χ4n) is 4.93. The molecule has 0 saturated carbocycles. The molecule has 280 valence electrons. The zero-order valence-electron chi connectivity index (χ0n) is 31.1. The molecule has 0 aromatic rings. The van der Waals surface area contributed by atoms with E-state index in [1.165, 1.54) is 51.4 Å². The Bertz CT molecular complexity index is 881. The van der Waals surface area contributed by atoms with Gasteiger partial charge in [-0.2, -0.15) is 0 Å². The van der Waals surface area contributed by atoms with Crippen molar-refractivity contribution in [1.82, 2.24) is 10.6 Å². The number of hydrogen-bond donors (Lipinski definition) is 2. The molecule has 11 heteroatoms. The smallest absolute Gasteiger partial charge is 0.329 e. The average Bonchev–Trinajstić information content (AvgIpc) is 2.98. The maximum atomic E-state index is 12.7. The van der Waals surface area contributed by atoms with Gasteiger partial charge in [0, 0.05) is 25.8 Å². The number of unbranched alkanes of at least 4 members (excludes halogenated alkanes) is 13. The Morgan fingerprint density at radius 1 is 0.583 bits per heavy atom. The zero-order valence-corrected chi connectivity index (χ0v) is 31.1. The van der Waals surface area contributed by atoms with Crippen molar-refractivity contribution >= 4 is 30.0 Å². The van der Waals surface area contributed by atoms with Gasteiger partial charge in [0.25, 0.3) is 0 Å². The number of hydrogen-bond acceptors (Lipinski definition) is 9. The predicted molar refractivity (Wildman–Crippen MR) is 187 cm³/mol. The lowest BCUT2D eigenvalue weighted by molar-refractivity contribution is -0.159. The first kappa shape index (κ1) is 45.5. The first-order chi connectivity index (χ1) is 22.7. The Morgan fingerprint density at radius 2 is 1.06 bits per heavy atom. The second-order valence-electron chi connectivity index (χ2n) is 14.4. The summed E-state index contributed by atoms with van der Waals surface area (Å²) in [6.45, 7) is 12.2. The molecule has 11 nitrogen and oxygen atoms in total. The molecule has 0 bridgehead atoms. The first-order valence-corrected chi connectivity index (χ1v) is 18.3. The van der Waals surface area contributed by atoms with Crippen LogP contribution in [0.15, 0.2) is 0 Å². The van der Waals surface area contributed by atoms with Crippen LogP contribution in [0.2, 0.25) is 0 Å². The summed E-state index contributed by atoms with van der Waals surface area (Å²) in [6.07, 6.45) is 17.6. The molecule has 1 unspecified atom stereocenters. The monoisotopic (exact) mass is 684 g/mol. The average molecular weight is 685 g/mol. The highest BCUT2D eigenvalue weighted by Gasteiger charge is 2.27. The molecule has 0 aliphatic rings. The Kier molecular flexibility index (Phi) is 26.8. The van der Waals surface area contributed by atoms with Crippen LogP contribution in [0.4, 0.5) is 0 Å². The largest absolute Gasteiger partial charge is 0.460 e. The van der Waals surface area contributed by atoms with Crippen LogP contribution in [-0.2, 0) is 42.9 Å². The molecule has 0 spiro atoms. The number of amides is 2. The molecule has 2 N–H and O–H groups in total. The molecule has 0 aliphatic heterocycles. The third-order valence-electron chi connectivity index (χ3n) is 7.27. The molecule has 48 heavy (non-hydrogen) atoms. The van der Waals surface area contributed by atoms with Gasteiger partial charge in [0.05, 0.1) is 19.8 Å². The van der Waals surface area contributed by atoms with E-state index >= 15 is 0 Å². The number of ether oxygens (including phenoxy) is 4. The highest BCUT2D eigenvalue weighted by Crippen LogP contribution is 2.16. The molecule has 0 fully saturated rings. The second kappa shape index (κ2) is 28.3. The Labute approximate surface area is 290 Å². The summed E-state index contributed by atoms with van der Waals surface area (Å²) in [5.41, 5.74) is -1.11. The van der Waals surface area contributed by atoms with E-state index in [2.05, 4.69) is 10.6 Å². The van der Waals surface area contributed by atoms with E-state index in [1.807, 2.05) is 20.8 Å². The van der Waals surface area contributed by atoms with Crippen molar-refractivity contribution in [2.75, 3.05) is 33.0 Å². The third-order valence-corrected chi connectivity index (χ3v) is 7.27. The van der Waals surface area contributed by atoms with Gasteiger partial charge < -0.3 is 34.4 Å². The summed E-state index contributed by atoms with van der Waals surface area (Å²) in [5.74, 6) is -1.09. The predicted octanol–water partition coefficient (Wildman–Crippen LogP) is 6.52. The fraction of sp³-hybridized carbons (Fsp3) is 0.865. The maximum Gasteiger partial charge on any atom is 0.329 e. The molecule has 0 saturated heterocycles. The van der Waals surface area contributed by atoms with Gasteiger partial charge in [0.2, 0.25) is 11.8 Å². The number of carbonyl (C=O) groups is 5. The van der Waals surface area contributed by atoms with E-state index in [4.69, 9.17) is 18.9 Å². The summed E-state index contributed by atoms with van der Waals surface area (Å²) in [7, 11) is 0. The van der Waals surface area contributed by atoms with Gasteiger partial charge >= 0.3 is 11.9 Å². The maximum absolute atomic E-state index is 12.7. The molecular formula is C37H68N2O9. The summed E-state index contributed by atoms with van der Waals surface area (Å²) in [6, 6.07) is -0.891. The molecule has 1 atom stereocenters. The van der Waals surface area contributed by atoms with Crippen molar-refractivity contribution in [1.29, 1.82) is 0 Å². The SMILES string of the molecule is CC(C)(C)OC(=O)CCCCCCCCCCCCCCCCC(=O)NC(CCC(=O)NCCOCCOCC=O)C(=O)OC(C)(C)C. The Balaban J connectivity index is 3.98. The Morgan fingerprint density at radius 3 is 1.56 bits per heavy atom. The van der Waals surface area contributed by atoms with Gasteiger partial charge in [-0.1, -0.05) is 77.0 Å². The van der Waals surface area contributed by atoms with Crippen molar-refractivity contribution < 1.29 is 42.9 Å². The minimum atomic E-state index is -0.891. The van der Waals surface area contributed by atoms with Crippen LogP contribution in [0.25, 0.3) is 0 Å². The van der Waals surface area contributed by atoms with Crippen LogP contribution < -0.4 is 10.6 Å². The molecule has 0 aromatic heterocycles. The van der Waals surface area contributed by atoms with E-state index in [1.54, 1.807) is 20.8 Å². The first-order valence-electron chi connectivity index (χ1n) is 18.3. The number of aldehydes is 1. The van der Waals surface area contributed by atoms with E-state index in [-0.39, 0.29) is 37.2 Å². The molecule has 0 heterocycles. The molecule has 0 radical (unpaired) electrons. The number of rotatable bonds is 30. The van der Waals surface area contributed by atoms with Crippen LogP contribution >= 0.6 is 0 Å². The van der Waals surface area contributed by atoms with Gasteiger partial charge in [-0.25, -0.2) is 4.79 Å². The number of esters is 2. The fourth-order valence-corrected chi connectivity index (χ4v) is 4.93. The number of carbonyl (C=O) groups excluding carboxylic acids is 5. The lowest BCUT2D eigenvalue weighted by Crippen LogP contribution is -2.44. The minimum absolute atomic E-state index is 0.0286. The van der Waals surface area contributed by atoms with E-state index in [9.17, 15) is 24.0 Å². The van der Waals surface area contributed by atoms with E-state index in [0.29, 0.717) is 45.5 Å². The summed E-state index contributed by atoms with van der Waals surface area (Å²) < 4.78 is 21.1. The van der Waals surface area contributed by atoms with E-state index in [0.717, 1.165) is 38.5 Å². The quantitative estimate of drug-likeness (QED) is 0.0490. The number of nitrogens with one attached hydrogen (secondary N) is 2. The van der Waals surface area contributed by atoms with Crippen LogP contribution in [0.3, 0.4) is 0 Å². The molecule has 0 rings (SSSR count). The van der Waals surface area contributed by atoms with Gasteiger partial charge in [-0.15, -0.1) is 0 Å². The van der Waals surface area contributed by atoms with Gasteiger partial charge in [0.15, 0.2) is 0 Å². The van der Waals surface area contributed by atoms with Crippen LogP contribution in [0, 0.1) is 0 Å². The standard InChI is InChI=1S/C37H68N2O9/c1-36(2,3)47-34(43)22-20-18-16-14-12-10-8-7-9-11-13-15-17-19-21-33(42)39-31(35(44)48-37(4,5)6)23-24-32(41)38-25-27-45-29-30-46-28-26-40/h26,31H,7-25,27-30H2,1-6H3,(H,38,41)(H,39,42). The summed E-state index contributed by atoms with van der Waals surface area (Å²) in [5, 5.41) is 5.52. The van der Waals surface area contributed by atoms with Crippen molar-refractivity contribution in [3.63, 3.8) is 0 Å². The summed E-state index contributed by atoms with van der Waals surface area (Å²) in [4.78, 5) is 59.6. The van der Waals surface area contributed by atoms with E-state index < -0.39 is 23.2 Å². The van der Waals surface area contributed by atoms with Crippen molar-refractivity contribution in [3.05, 3.63) is 0 Å². The summed E-state index contributed by atoms with van der Waals surface area (Å²) >= 11 is 0. The third kappa shape index (κ3) is 32.0. The van der Waals surface area contributed by atoms with Crippen LogP contribution in [-0.4, -0.2) is 80.3 Å². The second-order valence-corrected chi connectivity index (χ2v) is 14.4. The Hall–Kier alpha value is -2.53. The topological polar surface area (TPSA) is 146 Å². The van der Waals surface area contributed by atoms with Crippen molar-refractivity contribution in [3.8, 4) is 0 Å². The molecular weight excluding hydrogens is 616 g/mol. The van der Waals surface area contributed by atoms with Crippen molar-refractivity contribution in [2.45, 2.75) is 174 Å². The normalized spacial score (nSPS) is 12.3. The van der Waals surface area contributed by atoms with Crippen LogP contribution in [0.1, 0.15) is 157 Å². The van der Waals surface area contributed by atoms with Gasteiger partial charge in [-0.3, -0.25) is 14.4 Å².